The molecule has 0 aromatic heterocycles. The molecule has 0 bridgehead atoms. The Bertz CT molecular complexity index is 628. The average molecular weight is 317 g/mol. The Kier molecular flexibility index (Phi) is 5.88. The molecular weight excluding hydrogens is 293 g/mol. The first-order chi connectivity index (χ1) is 11.0. The smallest absolute Gasteiger partial charge is 0.123 e. The normalized spacial score (nSPS) is 14.0. The Morgan fingerprint density at radius 3 is 2.30 bits per heavy atom. The van der Waals surface area contributed by atoms with E-state index in [0.29, 0.717) is 23.1 Å². The van der Waals surface area contributed by atoms with Gasteiger partial charge in [0.15, 0.2) is 0 Å². The average Bonchev–Trinajstić information content (AvgIpc) is 2.55. The number of benzene rings is 2. The van der Waals surface area contributed by atoms with Crippen molar-refractivity contribution in [3.63, 3.8) is 0 Å². The predicted molar refractivity (Wildman–Crippen MR) is 89.6 cm³/mol. The van der Waals surface area contributed by atoms with Gasteiger partial charge in [0.2, 0.25) is 0 Å². The third kappa shape index (κ3) is 4.16. The molecule has 0 aliphatic rings. The fourth-order valence-corrected chi connectivity index (χ4v) is 2.87. The molecule has 0 amide bonds. The van der Waals surface area contributed by atoms with E-state index in [9.17, 15) is 14.6 Å². The van der Waals surface area contributed by atoms with Gasteiger partial charge in [-0.05, 0) is 62.3 Å². The van der Waals surface area contributed by atoms with Crippen LogP contribution in [0.4, 0.5) is 4.39 Å². The van der Waals surface area contributed by atoms with Crippen LogP contribution in [0.5, 0.6) is 0 Å². The van der Waals surface area contributed by atoms with Crippen LogP contribution in [-0.2, 0) is 12.2 Å². The topological polar surface area (TPSA) is 43.7 Å². The largest absolute Gasteiger partial charge is 0.392 e. The number of hydrogen-bond donors (Lipinski definition) is 2. The summed E-state index contributed by atoms with van der Waals surface area (Å²) in [5.74, 6) is -0.333. The van der Waals surface area contributed by atoms with Gasteiger partial charge < -0.3 is 15.1 Å². The first kappa shape index (κ1) is 17.6. The summed E-state index contributed by atoms with van der Waals surface area (Å²) in [7, 11) is 3.97. The molecule has 4 heteroatoms. The van der Waals surface area contributed by atoms with Gasteiger partial charge in [-0.15, -0.1) is 0 Å². The van der Waals surface area contributed by atoms with E-state index in [0.717, 1.165) is 13.0 Å². The summed E-state index contributed by atoms with van der Waals surface area (Å²) in [5.41, 5.74) is 0.749. The summed E-state index contributed by atoms with van der Waals surface area (Å²) in [4.78, 5) is 2.06. The van der Waals surface area contributed by atoms with E-state index in [4.69, 9.17) is 0 Å². The van der Waals surface area contributed by atoms with Crippen LogP contribution in [0.15, 0.2) is 48.5 Å². The molecular formula is C19H24FNO2. The summed E-state index contributed by atoms with van der Waals surface area (Å²) in [6, 6.07) is 13.2. The summed E-state index contributed by atoms with van der Waals surface area (Å²) >= 11 is 0. The molecule has 124 valence electrons. The van der Waals surface area contributed by atoms with Gasteiger partial charge in [-0.25, -0.2) is 4.39 Å². The highest BCUT2D eigenvalue weighted by Gasteiger charge is 2.33. The predicted octanol–water partition coefficient (Wildman–Crippen LogP) is 2.90. The van der Waals surface area contributed by atoms with Crippen molar-refractivity contribution >= 4 is 0 Å². The number of nitrogens with zero attached hydrogens (tertiary/aromatic N) is 1. The zero-order valence-electron chi connectivity index (χ0n) is 13.7. The standard InChI is InChI=1S/C19H24FNO2/c1-21(2)13-5-12-19(23,16-8-10-17(20)11-9-16)18-7-4-3-6-15(18)14-22/h3-4,6-11,22-23H,5,12-14H2,1-2H3. The van der Waals surface area contributed by atoms with Crippen molar-refractivity contribution in [3.8, 4) is 0 Å². The van der Waals surface area contributed by atoms with Gasteiger partial charge in [0.05, 0.1) is 6.61 Å². The zero-order chi connectivity index (χ0) is 16.9. The molecule has 0 fully saturated rings. The lowest BCUT2D eigenvalue weighted by Gasteiger charge is -2.31. The molecule has 0 heterocycles. The van der Waals surface area contributed by atoms with Crippen LogP contribution in [-0.4, -0.2) is 35.8 Å². The van der Waals surface area contributed by atoms with Gasteiger partial charge >= 0.3 is 0 Å². The molecule has 0 aliphatic carbocycles. The Labute approximate surface area is 137 Å². The highest BCUT2D eigenvalue weighted by Crippen LogP contribution is 2.36. The molecule has 2 rings (SSSR count). The maximum absolute atomic E-state index is 13.3. The first-order valence-corrected chi connectivity index (χ1v) is 7.80. The number of rotatable bonds is 7. The molecule has 2 aromatic carbocycles. The van der Waals surface area contributed by atoms with Crippen molar-refractivity contribution in [3.05, 3.63) is 71.0 Å². The van der Waals surface area contributed by atoms with E-state index in [2.05, 4.69) is 4.90 Å². The van der Waals surface area contributed by atoms with E-state index in [1.165, 1.54) is 12.1 Å². The number of aliphatic hydroxyl groups excluding tert-OH is 1. The first-order valence-electron chi connectivity index (χ1n) is 7.80. The van der Waals surface area contributed by atoms with Crippen LogP contribution in [0, 0.1) is 5.82 Å². The van der Waals surface area contributed by atoms with Crippen LogP contribution in [0.3, 0.4) is 0 Å². The fraction of sp³-hybridized carbons (Fsp3) is 0.368. The van der Waals surface area contributed by atoms with Gasteiger partial charge in [0.1, 0.15) is 11.4 Å². The van der Waals surface area contributed by atoms with Gasteiger partial charge in [-0.1, -0.05) is 36.4 Å². The lowest BCUT2D eigenvalue weighted by Crippen LogP contribution is -2.30. The molecule has 0 aliphatic heterocycles. The van der Waals surface area contributed by atoms with E-state index < -0.39 is 5.60 Å². The van der Waals surface area contributed by atoms with Crippen LogP contribution in [0.25, 0.3) is 0 Å². The molecule has 0 radical (unpaired) electrons. The second-order valence-electron chi connectivity index (χ2n) is 6.09. The lowest BCUT2D eigenvalue weighted by atomic mass is 9.80. The maximum atomic E-state index is 13.3. The molecule has 0 saturated carbocycles. The summed E-state index contributed by atoms with van der Waals surface area (Å²) in [6.45, 7) is 0.693. The van der Waals surface area contributed by atoms with E-state index in [-0.39, 0.29) is 12.4 Å². The summed E-state index contributed by atoms with van der Waals surface area (Å²) in [5, 5.41) is 21.0. The van der Waals surface area contributed by atoms with Crippen molar-refractivity contribution in [1.29, 1.82) is 0 Å². The molecule has 2 aromatic rings. The summed E-state index contributed by atoms with van der Waals surface area (Å²) < 4.78 is 13.3. The SMILES string of the molecule is CN(C)CCCC(O)(c1ccc(F)cc1)c1ccccc1CO. The third-order valence-corrected chi connectivity index (χ3v) is 4.10. The quantitative estimate of drug-likeness (QED) is 0.825. The molecule has 2 N–H and O–H groups in total. The highest BCUT2D eigenvalue weighted by atomic mass is 19.1. The van der Waals surface area contributed by atoms with Gasteiger partial charge in [0.25, 0.3) is 0 Å². The Balaban J connectivity index is 2.43. The van der Waals surface area contributed by atoms with Crippen molar-refractivity contribution < 1.29 is 14.6 Å². The Morgan fingerprint density at radius 2 is 1.70 bits per heavy atom. The fourth-order valence-electron chi connectivity index (χ4n) is 2.87. The van der Waals surface area contributed by atoms with E-state index in [1.54, 1.807) is 18.2 Å². The third-order valence-electron chi connectivity index (χ3n) is 4.10. The van der Waals surface area contributed by atoms with E-state index in [1.807, 2.05) is 32.3 Å². The van der Waals surface area contributed by atoms with Gasteiger partial charge in [0, 0.05) is 0 Å². The molecule has 0 saturated heterocycles. The second-order valence-corrected chi connectivity index (χ2v) is 6.09. The minimum absolute atomic E-state index is 0.145. The molecule has 23 heavy (non-hydrogen) atoms. The molecule has 0 spiro atoms. The molecule has 3 nitrogen and oxygen atoms in total. The van der Waals surface area contributed by atoms with Gasteiger partial charge in [-0.3, -0.25) is 0 Å². The monoisotopic (exact) mass is 317 g/mol. The second kappa shape index (κ2) is 7.68. The van der Waals surface area contributed by atoms with Crippen LogP contribution >= 0.6 is 0 Å². The summed E-state index contributed by atoms with van der Waals surface area (Å²) in [6.07, 6.45) is 1.27. The Hall–Kier alpha value is -1.75. The minimum Gasteiger partial charge on any atom is -0.392 e. The van der Waals surface area contributed by atoms with Gasteiger partial charge in [-0.2, -0.15) is 0 Å². The minimum atomic E-state index is -1.25. The number of halogens is 1. The Morgan fingerprint density at radius 1 is 1.04 bits per heavy atom. The molecule has 1 unspecified atom stereocenters. The number of aliphatic hydroxyl groups is 2. The maximum Gasteiger partial charge on any atom is 0.123 e. The number of hydrogen-bond acceptors (Lipinski definition) is 3. The van der Waals surface area contributed by atoms with Crippen molar-refractivity contribution in [1.82, 2.24) is 4.90 Å². The van der Waals surface area contributed by atoms with Crippen molar-refractivity contribution in [2.45, 2.75) is 25.0 Å². The van der Waals surface area contributed by atoms with Crippen LogP contribution in [0.1, 0.15) is 29.5 Å². The zero-order valence-corrected chi connectivity index (χ0v) is 13.7. The van der Waals surface area contributed by atoms with E-state index >= 15 is 0 Å². The highest BCUT2D eigenvalue weighted by molar-refractivity contribution is 5.40. The molecule has 1 atom stereocenters. The van der Waals surface area contributed by atoms with Crippen molar-refractivity contribution in [2.75, 3.05) is 20.6 Å². The van der Waals surface area contributed by atoms with Crippen LogP contribution in [0.2, 0.25) is 0 Å². The van der Waals surface area contributed by atoms with Crippen molar-refractivity contribution in [2.24, 2.45) is 0 Å². The van der Waals surface area contributed by atoms with Crippen LogP contribution < -0.4 is 0 Å². The lowest BCUT2D eigenvalue weighted by molar-refractivity contribution is 0.0641.